The fourth-order valence-corrected chi connectivity index (χ4v) is 4.62. The van der Waals surface area contributed by atoms with E-state index >= 15 is 0 Å². The Morgan fingerprint density at radius 1 is 1.03 bits per heavy atom. The molecule has 0 saturated heterocycles. The van der Waals surface area contributed by atoms with Crippen LogP contribution in [0.1, 0.15) is 11.1 Å². The van der Waals surface area contributed by atoms with E-state index < -0.39 is 10.0 Å². The molecular formula is C22H22BrN5O2S. The second-order valence-corrected chi connectivity index (χ2v) is 9.83. The molecule has 4 rings (SSSR count). The fraction of sp³-hybridized carbons (Fsp3) is 0.182. The highest BCUT2D eigenvalue weighted by Gasteiger charge is 2.14. The summed E-state index contributed by atoms with van der Waals surface area (Å²) in [5, 5.41) is 7.64. The fourth-order valence-electron chi connectivity index (χ4n) is 3.24. The third-order valence-electron chi connectivity index (χ3n) is 4.90. The minimum absolute atomic E-state index is 0.224. The van der Waals surface area contributed by atoms with Gasteiger partial charge < -0.3 is 5.32 Å². The average Bonchev–Trinajstić information content (AvgIpc) is 3.13. The monoisotopic (exact) mass is 499 g/mol. The lowest BCUT2D eigenvalue weighted by molar-refractivity contribution is 0.583. The number of hydrogen-bond acceptors (Lipinski definition) is 5. The Bertz CT molecular complexity index is 1330. The summed E-state index contributed by atoms with van der Waals surface area (Å²) in [5.74, 6) is 0.725. The highest BCUT2D eigenvalue weighted by molar-refractivity contribution is 9.10. The molecule has 2 N–H and O–H groups in total. The maximum Gasteiger partial charge on any atom is 0.240 e. The van der Waals surface area contributed by atoms with Crippen molar-refractivity contribution >= 4 is 37.4 Å². The number of aromatic nitrogens is 3. The molecule has 0 aliphatic carbocycles. The SMILES string of the molecule is Cc1ccc(S(=O)(=O)NCCNc2cc(-c3ccccc3C)nc3c(Br)cnn23)cc1. The molecule has 9 heteroatoms. The van der Waals surface area contributed by atoms with Crippen LogP contribution in [0.4, 0.5) is 5.82 Å². The van der Waals surface area contributed by atoms with Crippen LogP contribution in [0.25, 0.3) is 16.9 Å². The highest BCUT2D eigenvalue weighted by atomic mass is 79.9. The van der Waals surface area contributed by atoms with Gasteiger partial charge in [0.25, 0.3) is 0 Å². The van der Waals surface area contributed by atoms with Crippen molar-refractivity contribution in [1.29, 1.82) is 0 Å². The maximum atomic E-state index is 12.5. The van der Waals surface area contributed by atoms with Crippen molar-refractivity contribution in [2.24, 2.45) is 0 Å². The van der Waals surface area contributed by atoms with Crippen LogP contribution in [0.15, 0.2) is 70.2 Å². The molecule has 0 aliphatic rings. The van der Waals surface area contributed by atoms with Gasteiger partial charge in [0.2, 0.25) is 10.0 Å². The van der Waals surface area contributed by atoms with Gasteiger partial charge in [0.1, 0.15) is 5.82 Å². The Morgan fingerprint density at radius 3 is 2.52 bits per heavy atom. The zero-order valence-corrected chi connectivity index (χ0v) is 19.5. The van der Waals surface area contributed by atoms with E-state index in [4.69, 9.17) is 4.98 Å². The van der Waals surface area contributed by atoms with E-state index in [1.807, 2.05) is 44.2 Å². The van der Waals surface area contributed by atoms with Gasteiger partial charge in [-0.2, -0.15) is 9.61 Å². The Balaban J connectivity index is 1.53. The lowest BCUT2D eigenvalue weighted by Gasteiger charge is -2.13. The van der Waals surface area contributed by atoms with Crippen molar-refractivity contribution in [1.82, 2.24) is 19.3 Å². The summed E-state index contributed by atoms with van der Waals surface area (Å²) in [5.41, 5.74) is 4.66. The van der Waals surface area contributed by atoms with Gasteiger partial charge in [-0.25, -0.2) is 18.1 Å². The molecule has 4 aromatic rings. The van der Waals surface area contributed by atoms with Gasteiger partial charge in [-0.3, -0.25) is 0 Å². The molecule has 2 aromatic heterocycles. The quantitative estimate of drug-likeness (QED) is 0.372. The summed E-state index contributed by atoms with van der Waals surface area (Å²) < 4.78 is 30.1. The molecule has 0 aliphatic heterocycles. The van der Waals surface area contributed by atoms with Gasteiger partial charge >= 0.3 is 0 Å². The molecule has 0 atom stereocenters. The van der Waals surface area contributed by atoms with Gasteiger partial charge in [0.15, 0.2) is 5.65 Å². The van der Waals surface area contributed by atoms with Crippen LogP contribution in [-0.2, 0) is 10.0 Å². The number of halogens is 1. The third-order valence-corrected chi connectivity index (χ3v) is 6.94. The molecule has 0 fully saturated rings. The number of sulfonamides is 1. The molecule has 2 heterocycles. The molecule has 0 spiro atoms. The Labute approximate surface area is 189 Å². The first-order valence-corrected chi connectivity index (χ1v) is 12.0. The van der Waals surface area contributed by atoms with E-state index in [1.165, 1.54) is 0 Å². The number of nitrogens with one attached hydrogen (secondary N) is 2. The van der Waals surface area contributed by atoms with Crippen LogP contribution in [0.5, 0.6) is 0 Å². The number of nitrogens with zero attached hydrogens (tertiary/aromatic N) is 3. The van der Waals surface area contributed by atoms with Gasteiger partial charge in [-0.15, -0.1) is 0 Å². The van der Waals surface area contributed by atoms with Crippen LogP contribution in [0, 0.1) is 13.8 Å². The smallest absolute Gasteiger partial charge is 0.240 e. The zero-order valence-electron chi connectivity index (χ0n) is 17.1. The molecule has 0 radical (unpaired) electrons. The Kier molecular flexibility index (Phi) is 6.08. The van der Waals surface area contributed by atoms with Gasteiger partial charge in [-0.1, -0.05) is 42.0 Å². The lowest BCUT2D eigenvalue weighted by atomic mass is 10.1. The van der Waals surface area contributed by atoms with Crippen molar-refractivity contribution in [2.75, 3.05) is 18.4 Å². The average molecular weight is 500 g/mol. The van der Waals surface area contributed by atoms with Gasteiger partial charge in [-0.05, 0) is 47.5 Å². The van der Waals surface area contributed by atoms with E-state index in [2.05, 4.69) is 31.1 Å². The van der Waals surface area contributed by atoms with Crippen molar-refractivity contribution in [3.05, 3.63) is 76.4 Å². The van der Waals surface area contributed by atoms with Crippen LogP contribution < -0.4 is 10.0 Å². The molecule has 0 saturated carbocycles. The number of fused-ring (bicyclic) bond motifs is 1. The van der Waals surface area contributed by atoms with Gasteiger partial charge in [0.05, 0.1) is 21.3 Å². The first kappa shape index (κ1) is 21.5. The summed E-state index contributed by atoms with van der Waals surface area (Å²) in [6.45, 7) is 4.57. The van der Waals surface area contributed by atoms with E-state index in [-0.39, 0.29) is 11.4 Å². The van der Waals surface area contributed by atoms with Crippen LogP contribution in [-0.4, -0.2) is 36.1 Å². The van der Waals surface area contributed by atoms with Crippen molar-refractivity contribution in [3.8, 4) is 11.3 Å². The number of benzene rings is 2. The summed E-state index contributed by atoms with van der Waals surface area (Å²) in [4.78, 5) is 4.99. The molecule has 31 heavy (non-hydrogen) atoms. The highest BCUT2D eigenvalue weighted by Crippen LogP contribution is 2.27. The standard InChI is InChI=1S/C22H22BrN5O2S/c1-15-7-9-17(10-8-15)31(29,30)26-12-11-24-21-13-20(18-6-4-3-5-16(18)2)27-22-19(23)14-25-28(21)22/h3-10,13-14,24,26H,11-12H2,1-2H3. The molecule has 0 bridgehead atoms. The summed E-state index contributed by atoms with van der Waals surface area (Å²) in [6, 6.07) is 16.7. The first-order valence-electron chi connectivity index (χ1n) is 9.76. The Hall–Kier alpha value is -2.75. The summed E-state index contributed by atoms with van der Waals surface area (Å²) >= 11 is 3.50. The summed E-state index contributed by atoms with van der Waals surface area (Å²) in [6.07, 6.45) is 1.69. The van der Waals surface area contributed by atoms with Crippen molar-refractivity contribution in [2.45, 2.75) is 18.7 Å². The van der Waals surface area contributed by atoms with Crippen LogP contribution in [0.2, 0.25) is 0 Å². The van der Waals surface area contributed by atoms with E-state index in [0.717, 1.165) is 32.7 Å². The van der Waals surface area contributed by atoms with E-state index in [9.17, 15) is 8.42 Å². The zero-order chi connectivity index (χ0) is 22.0. The summed E-state index contributed by atoms with van der Waals surface area (Å²) in [7, 11) is -3.56. The molecule has 7 nitrogen and oxygen atoms in total. The maximum absolute atomic E-state index is 12.5. The Morgan fingerprint density at radius 2 is 1.77 bits per heavy atom. The molecule has 0 unspecified atom stereocenters. The van der Waals surface area contributed by atoms with E-state index in [0.29, 0.717) is 12.2 Å². The molecular weight excluding hydrogens is 478 g/mol. The largest absolute Gasteiger partial charge is 0.369 e. The second-order valence-electron chi connectivity index (χ2n) is 7.21. The van der Waals surface area contributed by atoms with Crippen LogP contribution >= 0.6 is 15.9 Å². The van der Waals surface area contributed by atoms with E-state index in [1.54, 1.807) is 35.0 Å². The molecule has 0 amide bonds. The molecule has 160 valence electrons. The minimum Gasteiger partial charge on any atom is -0.369 e. The predicted octanol–water partition coefficient (Wildman–Crippen LogP) is 4.17. The minimum atomic E-state index is -3.56. The second kappa shape index (κ2) is 8.78. The first-order chi connectivity index (χ1) is 14.8. The molecule has 2 aromatic carbocycles. The predicted molar refractivity (Wildman–Crippen MR) is 126 cm³/mol. The third kappa shape index (κ3) is 4.63. The van der Waals surface area contributed by atoms with Crippen molar-refractivity contribution in [3.63, 3.8) is 0 Å². The van der Waals surface area contributed by atoms with Gasteiger partial charge in [0, 0.05) is 24.7 Å². The van der Waals surface area contributed by atoms with Crippen molar-refractivity contribution < 1.29 is 8.42 Å². The number of hydrogen-bond donors (Lipinski definition) is 2. The number of anilines is 1. The topological polar surface area (TPSA) is 88.4 Å². The normalized spacial score (nSPS) is 11.7. The number of aryl methyl sites for hydroxylation is 2. The lowest BCUT2D eigenvalue weighted by Crippen LogP contribution is -2.29. The van der Waals surface area contributed by atoms with Crippen LogP contribution in [0.3, 0.4) is 0 Å². The number of rotatable bonds is 7.